The Balaban J connectivity index is 0.600. The molecule has 31 heteroatoms. The number of nitrogens with zero attached hydrogens (tertiary/aromatic N) is 6. The van der Waals surface area contributed by atoms with Crippen molar-refractivity contribution in [1.29, 1.82) is 0 Å². The normalized spacial score (nSPS) is 14.4. The van der Waals surface area contributed by atoms with Crippen molar-refractivity contribution < 1.29 is 85.6 Å². The molecule has 3 aromatic heterocycles. The minimum atomic E-state index is -1.15. The lowest BCUT2D eigenvalue weighted by Crippen LogP contribution is -2.49. The molecule has 4 heterocycles. The predicted molar refractivity (Wildman–Crippen MR) is 396 cm³/mol. The molecule has 2 aromatic carbocycles. The van der Waals surface area contributed by atoms with Crippen LogP contribution in [0, 0.1) is 17.8 Å². The van der Waals surface area contributed by atoms with Gasteiger partial charge >= 0.3 is 0 Å². The van der Waals surface area contributed by atoms with Gasteiger partial charge in [-0.1, -0.05) is 111 Å². The van der Waals surface area contributed by atoms with Crippen LogP contribution < -0.4 is 32.2 Å². The zero-order valence-electron chi connectivity index (χ0n) is 60.7. The number of aryl methyl sites for hydroxylation is 2. The van der Waals surface area contributed by atoms with Crippen LogP contribution in [-0.4, -0.2) is 231 Å². The highest BCUT2D eigenvalue weighted by Crippen LogP contribution is 2.43. The van der Waals surface area contributed by atoms with Crippen molar-refractivity contribution in [2.45, 2.75) is 123 Å². The van der Waals surface area contributed by atoms with Gasteiger partial charge in [-0.3, -0.25) is 34.0 Å². The average Bonchev–Trinajstić information content (AvgIpc) is 1.23. The van der Waals surface area contributed by atoms with Crippen LogP contribution in [0.2, 0.25) is 0 Å². The maximum absolute atomic E-state index is 13.4. The van der Waals surface area contributed by atoms with Crippen molar-refractivity contribution in [3.63, 3.8) is 0 Å². The summed E-state index contributed by atoms with van der Waals surface area (Å²) in [7, 11) is 0. The van der Waals surface area contributed by atoms with E-state index in [4.69, 9.17) is 73.0 Å². The van der Waals surface area contributed by atoms with Gasteiger partial charge in [0.25, 0.3) is 0 Å². The van der Waals surface area contributed by atoms with E-state index in [1.54, 1.807) is 20.0 Å². The number of nitrogens with one attached hydrogen (secondary N) is 3. The first-order valence-electron chi connectivity index (χ1n) is 36.3. The van der Waals surface area contributed by atoms with Crippen LogP contribution >= 0.6 is 31.9 Å². The van der Waals surface area contributed by atoms with Crippen molar-refractivity contribution in [3.05, 3.63) is 81.1 Å². The summed E-state index contributed by atoms with van der Waals surface area (Å²) >= 11 is 7.29. The van der Waals surface area contributed by atoms with E-state index in [9.17, 15) is 24.0 Å². The van der Waals surface area contributed by atoms with Gasteiger partial charge in [-0.15, -0.1) is 5.10 Å². The van der Waals surface area contributed by atoms with Gasteiger partial charge in [0, 0.05) is 53.0 Å². The van der Waals surface area contributed by atoms with Crippen molar-refractivity contribution in [2.24, 2.45) is 17.8 Å². The Kier molecular flexibility index (Phi) is 43.8. The Morgan fingerprint density at radius 3 is 1.59 bits per heavy atom. The van der Waals surface area contributed by atoms with Gasteiger partial charge in [0.05, 0.1) is 187 Å². The van der Waals surface area contributed by atoms with Crippen LogP contribution in [0.15, 0.2) is 69.9 Å². The van der Waals surface area contributed by atoms with E-state index in [1.807, 2.05) is 59.4 Å². The molecule has 4 amide bonds. The maximum atomic E-state index is 13.4. The number of carbonyl (C=O) groups excluding carboxylic acids is 5. The second-order valence-corrected chi connectivity index (χ2v) is 26.7. The molecule has 4 atom stereocenters. The number of amides is 4. The van der Waals surface area contributed by atoms with Crippen molar-refractivity contribution >= 4 is 84.1 Å². The molecule has 0 bridgehead atoms. The lowest BCUT2D eigenvalue weighted by molar-refractivity contribution is -0.137. The van der Waals surface area contributed by atoms with Gasteiger partial charge in [0.2, 0.25) is 29.6 Å². The number of hydrogen-bond donors (Lipinski definition) is 5. The second kappa shape index (κ2) is 52.6. The number of ether oxygens (including phenoxy) is 13. The summed E-state index contributed by atoms with van der Waals surface area (Å²) in [6.45, 7) is 17.6. The van der Waals surface area contributed by atoms with Crippen LogP contribution in [0.25, 0.3) is 22.2 Å². The highest BCUT2D eigenvalue weighted by molar-refractivity contribution is 9.11. The van der Waals surface area contributed by atoms with E-state index >= 15 is 0 Å². The molecule has 578 valence electrons. The lowest BCUT2D eigenvalue weighted by atomic mass is 9.85. The van der Waals surface area contributed by atoms with E-state index in [1.165, 1.54) is 6.92 Å². The molecule has 6 rings (SSSR count). The Morgan fingerprint density at radius 2 is 1.08 bits per heavy atom. The van der Waals surface area contributed by atoms with Crippen LogP contribution in [0.3, 0.4) is 0 Å². The number of carbonyl (C=O) groups is 5. The topological polar surface area (TPSA) is 363 Å². The number of imide groups is 1. The number of Topliss-reactive ketones (excluding diaryl/α,β-unsaturated/α-hetero) is 1. The average molecular weight is 1590 g/mol. The van der Waals surface area contributed by atoms with E-state index in [0.717, 1.165) is 98.5 Å². The van der Waals surface area contributed by atoms with Crippen molar-refractivity contribution in [1.82, 2.24) is 45.9 Å². The number of unbranched alkanes of at least 4 members (excludes halogenated alkanes) is 8. The Bertz CT molecular complexity index is 3250. The summed E-state index contributed by atoms with van der Waals surface area (Å²) in [6.07, 6.45) is 14.9. The number of hydrogen-bond acceptors (Lipinski definition) is 25. The van der Waals surface area contributed by atoms with E-state index in [2.05, 4.69) is 73.1 Å². The molecule has 29 nitrogen and oxygen atoms in total. The van der Waals surface area contributed by atoms with Crippen LogP contribution in [0.4, 0.5) is 11.8 Å². The first-order chi connectivity index (χ1) is 50.7. The molecule has 0 unspecified atom stereocenters. The third-order valence-electron chi connectivity index (χ3n) is 16.6. The zero-order valence-corrected chi connectivity index (χ0v) is 63.9. The summed E-state index contributed by atoms with van der Waals surface area (Å²) in [4.78, 5) is 76.9. The van der Waals surface area contributed by atoms with Gasteiger partial charge in [-0.2, -0.15) is 4.98 Å². The standard InChI is InChI=1S/C73H109Br2N11O18/c1-53(2)67(68(89)64-54(3)71(90)83-72(64)91)80-63(88)50-60(55-17-11-10-12-18-55)79-62(87)20-13-8-6-4-5-7-9-15-23-86-52-57(84-85-86)19-14-16-24-92-25-26-93-27-28-94-29-30-95-31-32-96-33-34-97-35-36-98-37-38-99-39-40-100-41-42-101-43-44-102-45-46-103-47-48-104-61-22-21-59(74)65(66(61)75)58-49-56-51-78-73(77)82-70(56)81-69(58)76/h10-12,17-18,21-22,49,51-54,60,64,67H,4-9,13-16,19-20,23-48,50H2,1-3H3,(H,79,87)(H,80,88)(H,83,90,91)(H4,76,77,78,81,82)/t54-,60-,64+,67-/m0/s1. The molecule has 1 aliphatic heterocycles. The van der Waals surface area contributed by atoms with E-state index in [0.29, 0.717) is 204 Å². The summed E-state index contributed by atoms with van der Waals surface area (Å²) in [5.74, 6) is -3.44. The molecule has 5 aromatic rings. The van der Waals surface area contributed by atoms with E-state index in [-0.39, 0.29) is 24.2 Å². The number of aromatic nitrogens is 6. The summed E-state index contributed by atoms with van der Waals surface area (Å²) in [5, 5.41) is 17.4. The van der Waals surface area contributed by atoms with Crippen LogP contribution in [0.5, 0.6) is 5.75 Å². The lowest BCUT2D eigenvalue weighted by Gasteiger charge is -2.26. The Labute approximate surface area is 627 Å². The van der Waals surface area contributed by atoms with Crippen molar-refractivity contribution in [3.8, 4) is 16.9 Å². The summed E-state index contributed by atoms with van der Waals surface area (Å²) in [6, 6.07) is 13.3. The number of pyridine rings is 1. The van der Waals surface area contributed by atoms with Crippen LogP contribution in [0.1, 0.15) is 115 Å². The second-order valence-electron chi connectivity index (χ2n) is 25.0. The predicted octanol–water partition coefficient (Wildman–Crippen LogP) is 7.95. The highest BCUT2D eigenvalue weighted by Gasteiger charge is 2.46. The van der Waals surface area contributed by atoms with E-state index < -0.39 is 47.4 Å². The Hall–Kier alpha value is -6.30. The molecule has 1 saturated heterocycles. The molecule has 1 fully saturated rings. The molecule has 0 aliphatic carbocycles. The first-order valence-corrected chi connectivity index (χ1v) is 37.9. The fourth-order valence-corrected chi connectivity index (χ4v) is 12.4. The molecular weight excluding hydrogens is 1480 g/mol. The van der Waals surface area contributed by atoms with Gasteiger partial charge in [0.15, 0.2) is 11.4 Å². The number of benzene rings is 2. The minimum absolute atomic E-state index is 0.0849. The number of halogens is 2. The molecule has 0 saturated carbocycles. The number of anilines is 2. The fraction of sp³-hybridized carbons (Fsp3) is 0.644. The third-order valence-corrected chi connectivity index (χ3v) is 18.0. The molecule has 0 radical (unpaired) electrons. The number of fused-ring (bicyclic) bond motifs is 1. The monoisotopic (exact) mass is 1590 g/mol. The summed E-state index contributed by atoms with van der Waals surface area (Å²) < 4.78 is 76.6. The smallest absolute Gasteiger partial charge is 0.238 e. The Morgan fingerprint density at radius 1 is 0.577 bits per heavy atom. The molecule has 7 N–H and O–H groups in total. The quantitative estimate of drug-likeness (QED) is 0.0140. The number of rotatable bonds is 62. The molecule has 104 heavy (non-hydrogen) atoms. The summed E-state index contributed by atoms with van der Waals surface area (Å²) in [5.41, 5.74) is 15.7. The van der Waals surface area contributed by atoms with Crippen LogP contribution in [-0.2, 0) is 93.8 Å². The highest BCUT2D eigenvalue weighted by atomic mass is 79.9. The van der Waals surface area contributed by atoms with Gasteiger partial charge < -0.3 is 83.7 Å². The van der Waals surface area contributed by atoms with Gasteiger partial charge in [-0.25, -0.2) is 9.97 Å². The van der Waals surface area contributed by atoms with Crippen molar-refractivity contribution in [2.75, 3.05) is 177 Å². The molecule has 0 spiro atoms. The molecular formula is C73H109Br2N11O18. The zero-order chi connectivity index (χ0) is 74.2. The first kappa shape index (κ1) is 86.6. The number of nitrogen functional groups attached to an aromatic ring is 2. The number of nitrogens with two attached hydrogens (primary N) is 2. The van der Waals surface area contributed by atoms with Gasteiger partial charge in [0.1, 0.15) is 24.1 Å². The SMILES string of the molecule is CC(C)[C@H](NC(=O)C[C@H](NC(=O)CCCCCCCCCCn1cc(CCCCOCCOCCOCCOCCOCCOCCOCCOCCOCCOCCOCCOCCOc2ccc(Br)c(-c3cc4cnc(N)nc4nc3N)c2Br)nn1)c1ccccc1)C(=O)[C@@H]1C(=O)NC(=O)[C@H]1C. The minimum Gasteiger partial charge on any atom is -0.490 e. The number of ketones is 1. The van der Waals surface area contributed by atoms with Gasteiger partial charge in [-0.05, 0) is 77.7 Å². The fourth-order valence-electron chi connectivity index (χ4n) is 11.0. The molecule has 1 aliphatic rings. The largest absolute Gasteiger partial charge is 0.490 e. The maximum Gasteiger partial charge on any atom is 0.238 e. The third kappa shape index (κ3) is 34.5.